The molecule has 0 radical (unpaired) electrons. The molecule has 0 atom stereocenters. The number of aromatic amines is 1. The molecule has 3 rings (SSSR count). The Hall–Kier alpha value is -0.960. The highest BCUT2D eigenvalue weighted by Gasteiger charge is 2.24. The van der Waals surface area contributed by atoms with E-state index in [1.54, 1.807) is 6.20 Å². The number of nitrogens with zero attached hydrogens (tertiary/aromatic N) is 1. The molecule has 0 spiro atoms. The standard InChI is InChI=1S/C13H22N4O3S/c18-21(19,16-5-6-20-9-10-1-2-10)13-11(8-15-17-13)7-14-12-3-4-12/h8,10,12,14,16H,1-7,9H2,(H,15,17). The summed E-state index contributed by atoms with van der Waals surface area (Å²) in [6.07, 6.45) is 6.36. The van der Waals surface area contributed by atoms with Gasteiger partial charge in [-0.05, 0) is 31.6 Å². The van der Waals surface area contributed by atoms with Crippen molar-refractivity contribution in [2.45, 2.75) is 43.3 Å². The molecule has 0 amide bonds. The Morgan fingerprint density at radius 2 is 2.14 bits per heavy atom. The van der Waals surface area contributed by atoms with Gasteiger partial charge in [0, 0.05) is 31.3 Å². The van der Waals surface area contributed by atoms with E-state index in [0.717, 1.165) is 19.4 Å². The fraction of sp³-hybridized carbons (Fsp3) is 0.769. The Bertz CT molecular complexity index is 564. The largest absolute Gasteiger partial charge is 0.380 e. The average Bonchev–Trinajstić information content (AvgIpc) is 3.37. The fourth-order valence-electron chi connectivity index (χ4n) is 2.05. The van der Waals surface area contributed by atoms with Gasteiger partial charge in [0.2, 0.25) is 0 Å². The van der Waals surface area contributed by atoms with Crippen molar-refractivity contribution in [1.82, 2.24) is 20.2 Å². The van der Waals surface area contributed by atoms with Crippen LogP contribution >= 0.6 is 0 Å². The van der Waals surface area contributed by atoms with Gasteiger partial charge in [-0.1, -0.05) is 0 Å². The predicted octanol–water partition coefficient (Wildman–Crippen LogP) is 0.367. The maximum absolute atomic E-state index is 12.2. The molecule has 0 aromatic carbocycles. The van der Waals surface area contributed by atoms with E-state index in [-0.39, 0.29) is 11.6 Å². The third kappa shape index (κ3) is 4.50. The zero-order chi connectivity index (χ0) is 14.7. The van der Waals surface area contributed by atoms with E-state index in [1.165, 1.54) is 12.8 Å². The molecule has 1 aromatic rings. The summed E-state index contributed by atoms with van der Waals surface area (Å²) in [6, 6.07) is 0.527. The highest BCUT2D eigenvalue weighted by atomic mass is 32.2. The van der Waals surface area contributed by atoms with Gasteiger partial charge in [-0.15, -0.1) is 0 Å². The Morgan fingerprint density at radius 1 is 1.33 bits per heavy atom. The molecule has 2 aliphatic carbocycles. The number of ether oxygens (including phenoxy) is 1. The van der Waals surface area contributed by atoms with Gasteiger partial charge in [-0.2, -0.15) is 5.10 Å². The van der Waals surface area contributed by atoms with Crippen LogP contribution in [0.5, 0.6) is 0 Å². The van der Waals surface area contributed by atoms with Crippen LogP contribution in [0, 0.1) is 5.92 Å². The molecule has 3 N–H and O–H groups in total. The van der Waals surface area contributed by atoms with Gasteiger partial charge in [0.15, 0.2) is 5.03 Å². The summed E-state index contributed by atoms with van der Waals surface area (Å²) in [4.78, 5) is 0. The van der Waals surface area contributed by atoms with Crippen molar-refractivity contribution in [1.29, 1.82) is 0 Å². The molecule has 21 heavy (non-hydrogen) atoms. The quantitative estimate of drug-likeness (QED) is 0.542. The van der Waals surface area contributed by atoms with Gasteiger partial charge in [0.05, 0.1) is 12.8 Å². The molecule has 2 saturated carbocycles. The normalized spacial score (nSPS) is 19.0. The number of aromatic nitrogens is 2. The molecule has 118 valence electrons. The molecule has 1 aromatic heterocycles. The minimum Gasteiger partial charge on any atom is -0.380 e. The second kappa shape index (κ2) is 6.43. The lowest BCUT2D eigenvalue weighted by atomic mass is 10.3. The van der Waals surface area contributed by atoms with Crippen molar-refractivity contribution >= 4 is 10.0 Å². The smallest absolute Gasteiger partial charge is 0.257 e. The number of hydrogen-bond donors (Lipinski definition) is 3. The van der Waals surface area contributed by atoms with Crippen molar-refractivity contribution < 1.29 is 13.2 Å². The number of sulfonamides is 1. The van der Waals surface area contributed by atoms with E-state index < -0.39 is 10.0 Å². The van der Waals surface area contributed by atoms with E-state index >= 15 is 0 Å². The van der Waals surface area contributed by atoms with Crippen LogP contribution in [0.1, 0.15) is 31.2 Å². The van der Waals surface area contributed by atoms with Crippen molar-refractivity contribution in [3.05, 3.63) is 11.8 Å². The Labute approximate surface area is 124 Å². The molecular formula is C13H22N4O3S. The average molecular weight is 314 g/mol. The van der Waals surface area contributed by atoms with Crippen LogP contribution in [-0.4, -0.2) is 44.4 Å². The number of hydrogen-bond acceptors (Lipinski definition) is 5. The number of nitrogens with one attached hydrogen (secondary N) is 3. The van der Waals surface area contributed by atoms with E-state index in [9.17, 15) is 8.42 Å². The van der Waals surface area contributed by atoms with Crippen LogP contribution in [0.4, 0.5) is 0 Å². The highest BCUT2D eigenvalue weighted by molar-refractivity contribution is 7.89. The lowest BCUT2D eigenvalue weighted by Gasteiger charge is -2.08. The van der Waals surface area contributed by atoms with Gasteiger partial charge in [0.25, 0.3) is 10.0 Å². The van der Waals surface area contributed by atoms with Crippen LogP contribution in [-0.2, 0) is 21.3 Å². The summed E-state index contributed by atoms with van der Waals surface area (Å²) in [5, 5.41) is 9.87. The number of rotatable bonds is 10. The van der Waals surface area contributed by atoms with Crippen molar-refractivity contribution in [2.24, 2.45) is 5.92 Å². The molecule has 7 nitrogen and oxygen atoms in total. The fourth-order valence-corrected chi connectivity index (χ4v) is 3.19. The van der Waals surface area contributed by atoms with Crippen molar-refractivity contribution in [2.75, 3.05) is 19.8 Å². The van der Waals surface area contributed by atoms with Gasteiger partial charge in [0.1, 0.15) is 0 Å². The first-order valence-electron chi connectivity index (χ1n) is 7.48. The van der Waals surface area contributed by atoms with Crippen LogP contribution in [0.2, 0.25) is 0 Å². The zero-order valence-corrected chi connectivity index (χ0v) is 12.8. The molecule has 0 unspecified atom stereocenters. The van der Waals surface area contributed by atoms with Gasteiger partial charge in [-0.25, -0.2) is 13.1 Å². The van der Waals surface area contributed by atoms with E-state index in [0.29, 0.717) is 30.7 Å². The molecular weight excluding hydrogens is 292 g/mol. The first kappa shape index (κ1) is 15.0. The minimum absolute atomic E-state index is 0.151. The lowest BCUT2D eigenvalue weighted by molar-refractivity contribution is 0.129. The lowest BCUT2D eigenvalue weighted by Crippen LogP contribution is -2.29. The Kier molecular flexibility index (Phi) is 4.58. The first-order chi connectivity index (χ1) is 10.1. The molecule has 2 aliphatic rings. The SMILES string of the molecule is O=S(=O)(NCCOCC1CC1)c1[nH]ncc1CNC1CC1. The molecule has 0 bridgehead atoms. The summed E-state index contributed by atoms with van der Waals surface area (Å²) in [7, 11) is -3.55. The molecule has 1 heterocycles. The topological polar surface area (TPSA) is 96.1 Å². The predicted molar refractivity (Wildman–Crippen MR) is 77.2 cm³/mol. The molecule has 8 heteroatoms. The molecule has 0 aliphatic heterocycles. The third-order valence-corrected chi connectivity index (χ3v) is 5.17. The van der Waals surface area contributed by atoms with E-state index in [4.69, 9.17) is 4.74 Å². The van der Waals surface area contributed by atoms with Gasteiger partial charge >= 0.3 is 0 Å². The molecule has 0 saturated heterocycles. The third-order valence-electron chi connectivity index (χ3n) is 3.69. The summed E-state index contributed by atoms with van der Waals surface area (Å²) < 4.78 is 32.4. The summed E-state index contributed by atoms with van der Waals surface area (Å²) in [6.45, 7) is 1.95. The van der Waals surface area contributed by atoms with Gasteiger partial charge < -0.3 is 10.1 Å². The second-order valence-corrected chi connectivity index (χ2v) is 7.50. The maximum Gasteiger partial charge on any atom is 0.257 e. The highest BCUT2D eigenvalue weighted by Crippen LogP contribution is 2.28. The summed E-state index contributed by atoms with van der Waals surface area (Å²) in [5.74, 6) is 0.689. The summed E-state index contributed by atoms with van der Waals surface area (Å²) >= 11 is 0. The van der Waals surface area contributed by atoms with Crippen molar-refractivity contribution in [3.8, 4) is 0 Å². The van der Waals surface area contributed by atoms with Crippen LogP contribution in [0.15, 0.2) is 11.2 Å². The Morgan fingerprint density at radius 3 is 2.86 bits per heavy atom. The van der Waals surface area contributed by atoms with Crippen molar-refractivity contribution in [3.63, 3.8) is 0 Å². The van der Waals surface area contributed by atoms with E-state index in [2.05, 4.69) is 20.2 Å². The van der Waals surface area contributed by atoms with Crippen LogP contribution < -0.4 is 10.0 Å². The Balaban J connectivity index is 1.47. The van der Waals surface area contributed by atoms with Gasteiger partial charge in [-0.3, -0.25) is 5.10 Å². The first-order valence-corrected chi connectivity index (χ1v) is 8.96. The second-order valence-electron chi connectivity index (χ2n) is 5.80. The zero-order valence-electron chi connectivity index (χ0n) is 12.0. The summed E-state index contributed by atoms with van der Waals surface area (Å²) in [5.41, 5.74) is 0.674. The van der Waals surface area contributed by atoms with E-state index in [1.807, 2.05) is 0 Å². The molecule has 2 fully saturated rings. The van der Waals surface area contributed by atoms with Crippen LogP contribution in [0.25, 0.3) is 0 Å². The maximum atomic E-state index is 12.2. The van der Waals surface area contributed by atoms with Crippen LogP contribution in [0.3, 0.4) is 0 Å². The monoisotopic (exact) mass is 314 g/mol. The minimum atomic E-state index is -3.55. The number of H-pyrrole nitrogens is 1.